The number of nitrogens with zero attached hydrogens (tertiary/aromatic N) is 4. The van der Waals surface area contributed by atoms with Crippen molar-refractivity contribution in [2.45, 2.75) is 6.61 Å². The van der Waals surface area contributed by atoms with Gasteiger partial charge in [0.25, 0.3) is 0 Å². The van der Waals surface area contributed by atoms with E-state index in [4.69, 9.17) is 9.72 Å². The van der Waals surface area contributed by atoms with Gasteiger partial charge in [-0.3, -0.25) is 15.1 Å². The molecule has 0 spiro atoms. The second-order valence-corrected chi connectivity index (χ2v) is 9.82. The van der Waals surface area contributed by atoms with Crippen molar-refractivity contribution in [3.05, 3.63) is 102 Å². The van der Waals surface area contributed by atoms with Crippen molar-refractivity contribution in [2.24, 2.45) is 0 Å². The van der Waals surface area contributed by atoms with Gasteiger partial charge in [-0.15, -0.1) is 11.3 Å². The molecular weight excluding hydrogens is 499 g/mol. The summed E-state index contributed by atoms with van der Waals surface area (Å²) in [5.74, 6) is 0.668. The highest BCUT2D eigenvalue weighted by Crippen LogP contribution is 2.36. The number of ether oxygens (including phenoxy) is 1. The van der Waals surface area contributed by atoms with Gasteiger partial charge in [0, 0.05) is 33.8 Å². The summed E-state index contributed by atoms with van der Waals surface area (Å²) in [6, 6.07) is 21.1. The summed E-state index contributed by atoms with van der Waals surface area (Å²) in [7, 11) is 0. The lowest BCUT2D eigenvalue weighted by molar-refractivity contribution is 0.305. The van der Waals surface area contributed by atoms with E-state index in [1.165, 1.54) is 6.07 Å². The van der Waals surface area contributed by atoms with Crippen LogP contribution in [0.5, 0.6) is 5.75 Å². The van der Waals surface area contributed by atoms with Crippen LogP contribution in [0.4, 0.5) is 4.39 Å². The van der Waals surface area contributed by atoms with Gasteiger partial charge in [-0.05, 0) is 42.0 Å². The fraction of sp³-hybridized carbons (Fsp3) is 0.0345. The van der Waals surface area contributed by atoms with Crippen LogP contribution < -0.4 is 4.74 Å². The van der Waals surface area contributed by atoms with Gasteiger partial charge in [-0.25, -0.2) is 4.98 Å². The van der Waals surface area contributed by atoms with Crippen LogP contribution in [0.25, 0.3) is 55.0 Å². The number of fused-ring (bicyclic) bond motifs is 2. The second-order valence-electron chi connectivity index (χ2n) is 8.78. The smallest absolute Gasteiger partial charge is 0.176 e. The number of aromatic amines is 2. The van der Waals surface area contributed by atoms with E-state index in [1.807, 2.05) is 54.6 Å². The van der Waals surface area contributed by atoms with E-state index in [0.717, 1.165) is 66.2 Å². The molecule has 184 valence electrons. The molecule has 0 aliphatic heterocycles. The van der Waals surface area contributed by atoms with Gasteiger partial charge >= 0.3 is 0 Å². The van der Waals surface area contributed by atoms with Crippen LogP contribution in [-0.4, -0.2) is 30.1 Å². The molecule has 2 N–H and O–H groups in total. The second kappa shape index (κ2) is 9.20. The van der Waals surface area contributed by atoms with Gasteiger partial charge in [0.05, 0.1) is 34.8 Å². The minimum atomic E-state index is -0.230. The molecule has 7 nitrogen and oxygen atoms in total. The molecule has 0 saturated carbocycles. The fourth-order valence-electron chi connectivity index (χ4n) is 4.46. The highest BCUT2D eigenvalue weighted by atomic mass is 32.1. The van der Waals surface area contributed by atoms with E-state index in [0.29, 0.717) is 18.1 Å². The molecular formula is C29H19FN6OS. The number of rotatable bonds is 6. The van der Waals surface area contributed by atoms with E-state index in [9.17, 15) is 4.39 Å². The molecule has 7 rings (SSSR count). The maximum absolute atomic E-state index is 13.7. The van der Waals surface area contributed by atoms with E-state index < -0.39 is 0 Å². The molecule has 0 radical (unpaired) electrons. The van der Waals surface area contributed by atoms with E-state index in [1.54, 1.807) is 30.9 Å². The Bertz CT molecular complexity index is 1910. The summed E-state index contributed by atoms with van der Waals surface area (Å²) in [5, 5.41) is 8.33. The third-order valence-electron chi connectivity index (χ3n) is 6.30. The molecule has 0 fully saturated rings. The maximum atomic E-state index is 13.7. The van der Waals surface area contributed by atoms with Crippen LogP contribution in [0.3, 0.4) is 0 Å². The lowest BCUT2D eigenvalue weighted by atomic mass is 10.1. The van der Waals surface area contributed by atoms with Crippen molar-refractivity contribution < 1.29 is 9.13 Å². The molecule has 7 aromatic rings. The molecule has 6 heterocycles. The number of halogens is 1. The summed E-state index contributed by atoms with van der Waals surface area (Å²) in [6.45, 7) is 0.458. The summed E-state index contributed by atoms with van der Waals surface area (Å²) in [6.07, 6.45) is 6.98. The van der Waals surface area contributed by atoms with Gasteiger partial charge in [0.15, 0.2) is 5.13 Å². The van der Waals surface area contributed by atoms with Gasteiger partial charge in [0.2, 0.25) is 0 Å². The Morgan fingerprint density at radius 3 is 2.63 bits per heavy atom. The molecule has 0 aliphatic rings. The third-order valence-corrected chi connectivity index (χ3v) is 7.21. The van der Waals surface area contributed by atoms with Crippen molar-refractivity contribution in [1.82, 2.24) is 30.1 Å². The largest absolute Gasteiger partial charge is 0.487 e. The summed E-state index contributed by atoms with van der Waals surface area (Å²) in [4.78, 5) is 17.8. The fourth-order valence-corrected chi connectivity index (χ4v) is 5.22. The Labute approximate surface area is 220 Å². The Hall–Kier alpha value is -4.89. The zero-order chi connectivity index (χ0) is 25.5. The minimum absolute atomic E-state index is 0.230. The van der Waals surface area contributed by atoms with Crippen LogP contribution >= 0.6 is 11.3 Å². The Balaban J connectivity index is 1.24. The number of benzene rings is 1. The first-order valence-corrected chi connectivity index (χ1v) is 12.7. The maximum Gasteiger partial charge on any atom is 0.176 e. The summed E-state index contributed by atoms with van der Waals surface area (Å²) in [5.41, 5.74) is 7.40. The lowest BCUT2D eigenvalue weighted by Gasteiger charge is -2.08. The SMILES string of the molecule is Fc1ccc(-c2cncc3[nH]c(-c4n[nH]c5ccc(-c6cncc(OCc7ccccc7)c6)nc45)cc23)s1. The van der Waals surface area contributed by atoms with Crippen LogP contribution in [0, 0.1) is 5.13 Å². The van der Waals surface area contributed by atoms with E-state index in [2.05, 4.69) is 25.1 Å². The summed E-state index contributed by atoms with van der Waals surface area (Å²) < 4.78 is 19.7. The third kappa shape index (κ3) is 4.08. The summed E-state index contributed by atoms with van der Waals surface area (Å²) >= 11 is 1.10. The normalized spacial score (nSPS) is 11.4. The molecule has 38 heavy (non-hydrogen) atoms. The van der Waals surface area contributed by atoms with Crippen molar-refractivity contribution in [2.75, 3.05) is 0 Å². The standard InChI is InChI=1S/C29H19FN6OS/c30-27-9-8-26(38-27)21-14-32-15-25-20(21)11-24(33-25)29-28-23(35-36-29)7-6-22(34-28)18-10-19(13-31-12-18)37-16-17-4-2-1-3-5-17/h1-15,33H,16H2,(H,35,36). The van der Waals surface area contributed by atoms with Gasteiger partial charge in [-0.2, -0.15) is 9.49 Å². The average Bonchev–Trinajstić information content (AvgIpc) is 3.70. The van der Waals surface area contributed by atoms with Crippen LogP contribution in [-0.2, 0) is 6.61 Å². The van der Waals surface area contributed by atoms with Gasteiger partial charge in [0.1, 0.15) is 23.6 Å². The van der Waals surface area contributed by atoms with Crippen molar-refractivity contribution in [1.29, 1.82) is 0 Å². The molecule has 0 amide bonds. The number of hydrogen-bond donors (Lipinski definition) is 2. The predicted octanol–water partition coefficient (Wildman–Crippen LogP) is 7.01. The molecule has 0 bridgehead atoms. The number of aromatic nitrogens is 6. The van der Waals surface area contributed by atoms with E-state index in [-0.39, 0.29) is 5.13 Å². The molecule has 0 unspecified atom stereocenters. The molecule has 9 heteroatoms. The average molecular weight is 519 g/mol. The predicted molar refractivity (Wildman–Crippen MR) is 146 cm³/mol. The Kier molecular flexibility index (Phi) is 5.41. The highest BCUT2D eigenvalue weighted by Gasteiger charge is 2.16. The van der Waals surface area contributed by atoms with Crippen molar-refractivity contribution in [3.8, 4) is 38.8 Å². The lowest BCUT2D eigenvalue weighted by Crippen LogP contribution is -1.96. The quantitative estimate of drug-likeness (QED) is 0.247. The number of nitrogens with one attached hydrogen (secondary N) is 2. The topological polar surface area (TPSA) is 92.4 Å². The zero-order valence-electron chi connectivity index (χ0n) is 19.9. The van der Waals surface area contributed by atoms with Crippen LogP contribution in [0.2, 0.25) is 0 Å². The molecule has 0 aliphatic carbocycles. The van der Waals surface area contributed by atoms with Gasteiger partial charge in [-0.1, -0.05) is 30.3 Å². The number of thiophene rings is 1. The molecule has 0 atom stereocenters. The molecule has 0 saturated heterocycles. The number of pyridine rings is 3. The number of H-pyrrole nitrogens is 2. The van der Waals surface area contributed by atoms with Crippen molar-refractivity contribution in [3.63, 3.8) is 0 Å². The zero-order valence-corrected chi connectivity index (χ0v) is 20.7. The van der Waals surface area contributed by atoms with Crippen LogP contribution in [0.15, 0.2) is 91.5 Å². The molecule has 1 aromatic carbocycles. The van der Waals surface area contributed by atoms with Crippen LogP contribution in [0.1, 0.15) is 5.56 Å². The Morgan fingerprint density at radius 2 is 1.76 bits per heavy atom. The minimum Gasteiger partial charge on any atom is -0.487 e. The highest BCUT2D eigenvalue weighted by molar-refractivity contribution is 7.14. The first kappa shape index (κ1) is 22.3. The number of hydrogen-bond acceptors (Lipinski definition) is 6. The van der Waals surface area contributed by atoms with Crippen molar-refractivity contribution >= 4 is 33.3 Å². The first-order valence-electron chi connectivity index (χ1n) is 11.9. The first-order chi connectivity index (χ1) is 18.7. The van der Waals surface area contributed by atoms with E-state index >= 15 is 0 Å². The van der Waals surface area contributed by atoms with Gasteiger partial charge < -0.3 is 9.72 Å². The Morgan fingerprint density at radius 1 is 0.868 bits per heavy atom. The molecule has 6 aromatic heterocycles. The monoisotopic (exact) mass is 518 g/mol.